The molecule has 1 aliphatic rings. The summed E-state index contributed by atoms with van der Waals surface area (Å²) in [6.07, 6.45) is 6.28. The lowest BCUT2D eigenvalue weighted by Crippen LogP contribution is -2.35. The van der Waals surface area contributed by atoms with Gasteiger partial charge in [0, 0.05) is 0 Å². The Kier molecular flexibility index (Phi) is 3.85. The molecule has 0 bridgehead atoms. The van der Waals surface area contributed by atoms with Crippen LogP contribution in [0.2, 0.25) is 0 Å². The number of aliphatic hydroxyl groups excluding tert-OH is 1. The second-order valence-electron chi connectivity index (χ2n) is 5.07. The summed E-state index contributed by atoms with van der Waals surface area (Å²) >= 11 is 0. The second-order valence-corrected chi connectivity index (χ2v) is 5.07. The first-order valence-corrected chi connectivity index (χ1v) is 7.03. The highest BCUT2D eigenvalue weighted by Gasteiger charge is 2.37. The van der Waals surface area contributed by atoms with Gasteiger partial charge < -0.3 is 10.2 Å². The van der Waals surface area contributed by atoms with E-state index >= 15 is 0 Å². The summed E-state index contributed by atoms with van der Waals surface area (Å²) < 4.78 is 0. The molecule has 2 atom stereocenters. The smallest absolute Gasteiger partial charge is 0.154 e. The van der Waals surface area contributed by atoms with Crippen LogP contribution in [-0.2, 0) is 5.54 Å². The van der Waals surface area contributed by atoms with Gasteiger partial charge in [-0.1, -0.05) is 60.7 Å². The van der Waals surface area contributed by atoms with E-state index in [2.05, 4.69) is 10.2 Å². The molecule has 0 aliphatic heterocycles. The number of para-hydroxylation sites is 1. The van der Waals surface area contributed by atoms with Crippen molar-refractivity contribution in [1.29, 1.82) is 0 Å². The molecule has 0 saturated heterocycles. The number of phenols is 1. The Morgan fingerprint density at radius 3 is 2.36 bits per heavy atom. The molecule has 0 radical (unpaired) electrons. The first-order valence-electron chi connectivity index (χ1n) is 7.03. The number of allylic oxidation sites excluding steroid dienone is 2. The number of aliphatic hydroxyl groups is 1. The molecule has 0 saturated carbocycles. The van der Waals surface area contributed by atoms with Gasteiger partial charge in [-0.15, -0.1) is 0 Å². The van der Waals surface area contributed by atoms with Crippen molar-refractivity contribution < 1.29 is 10.2 Å². The Bertz CT molecular complexity index is 738. The minimum absolute atomic E-state index is 0.0549. The van der Waals surface area contributed by atoms with E-state index in [0.29, 0.717) is 5.69 Å². The van der Waals surface area contributed by atoms with E-state index in [4.69, 9.17) is 0 Å². The highest BCUT2D eigenvalue weighted by molar-refractivity contribution is 5.50. The van der Waals surface area contributed by atoms with Crippen LogP contribution < -0.4 is 0 Å². The molecule has 0 aromatic heterocycles. The van der Waals surface area contributed by atoms with Crippen LogP contribution in [0, 0.1) is 0 Å². The van der Waals surface area contributed by atoms with E-state index in [1.165, 1.54) is 0 Å². The maximum atomic E-state index is 10.5. The Labute approximate surface area is 128 Å². The van der Waals surface area contributed by atoms with E-state index in [1.54, 1.807) is 36.4 Å². The number of phenolic OH excluding ortho intramolecular Hbond substituents is 1. The van der Waals surface area contributed by atoms with Gasteiger partial charge in [0.1, 0.15) is 17.5 Å². The number of hydrogen-bond acceptors (Lipinski definition) is 4. The van der Waals surface area contributed by atoms with E-state index in [-0.39, 0.29) is 5.75 Å². The summed E-state index contributed by atoms with van der Waals surface area (Å²) in [5.41, 5.74) is 0.216. The minimum atomic E-state index is -0.988. The van der Waals surface area contributed by atoms with Crippen molar-refractivity contribution in [1.82, 2.24) is 0 Å². The lowest BCUT2D eigenvalue weighted by Gasteiger charge is -2.31. The van der Waals surface area contributed by atoms with Gasteiger partial charge >= 0.3 is 0 Å². The molecule has 3 rings (SSSR count). The van der Waals surface area contributed by atoms with Crippen LogP contribution >= 0.6 is 0 Å². The quantitative estimate of drug-likeness (QED) is 0.844. The molecule has 110 valence electrons. The van der Waals surface area contributed by atoms with Crippen LogP contribution in [0.5, 0.6) is 5.75 Å². The third-order valence-electron chi connectivity index (χ3n) is 3.65. The van der Waals surface area contributed by atoms with Crippen LogP contribution in [-0.4, -0.2) is 16.3 Å². The summed E-state index contributed by atoms with van der Waals surface area (Å²) in [6.45, 7) is 0. The molecule has 1 aliphatic carbocycles. The monoisotopic (exact) mass is 292 g/mol. The number of nitrogens with zero attached hydrogens (tertiary/aromatic N) is 2. The van der Waals surface area contributed by atoms with Crippen LogP contribution in [0.4, 0.5) is 5.69 Å². The number of rotatable bonds is 3. The van der Waals surface area contributed by atoms with Crippen LogP contribution in [0.15, 0.2) is 89.1 Å². The number of aromatic hydroxyl groups is 1. The van der Waals surface area contributed by atoms with Crippen molar-refractivity contribution >= 4 is 5.69 Å². The second kappa shape index (κ2) is 5.95. The molecule has 2 N–H and O–H groups in total. The SMILES string of the molecule is Oc1ccccc1N=NC1(c2ccccc2)C=CC=CC1O. The van der Waals surface area contributed by atoms with E-state index in [1.807, 2.05) is 42.5 Å². The van der Waals surface area contributed by atoms with Gasteiger partial charge in [-0.05, 0) is 23.8 Å². The van der Waals surface area contributed by atoms with Gasteiger partial charge in [0.15, 0.2) is 5.54 Å². The summed E-state index contributed by atoms with van der Waals surface area (Å²) in [4.78, 5) is 0. The molecule has 22 heavy (non-hydrogen) atoms. The average molecular weight is 292 g/mol. The Morgan fingerprint density at radius 2 is 1.64 bits per heavy atom. The average Bonchev–Trinajstić information content (AvgIpc) is 2.56. The van der Waals surface area contributed by atoms with Gasteiger partial charge in [-0.25, -0.2) is 0 Å². The van der Waals surface area contributed by atoms with E-state index < -0.39 is 11.6 Å². The lowest BCUT2D eigenvalue weighted by molar-refractivity contribution is 0.149. The fraction of sp³-hybridized carbons (Fsp3) is 0.111. The topological polar surface area (TPSA) is 65.2 Å². The van der Waals surface area contributed by atoms with Crippen molar-refractivity contribution in [2.45, 2.75) is 11.6 Å². The maximum Gasteiger partial charge on any atom is 0.154 e. The van der Waals surface area contributed by atoms with Crippen molar-refractivity contribution in [3.63, 3.8) is 0 Å². The van der Waals surface area contributed by atoms with Crippen LogP contribution in [0.1, 0.15) is 5.56 Å². The summed E-state index contributed by atoms with van der Waals surface area (Å²) in [5, 5.41) is 28.8. The fourth-order valence-electron chi connectivity index (χ4n) is 2.42. The molecule has 2 aromatic rings. The third-order valence-corrected chi connectivity index (χ3v) is 3.65. The molecule has 2 aromatic carbocycles. The Morgan fingerprint density at radius 1 is 0.909 bits per heavy atom. The summed E-state index contributed by atoms with van der Waals surface area (Å²) in [5.74, 6) is 0.0549. The lowest BCUT2D eigenvalue weighted by atomic mass is 9.82. The highest BCUT2D eigenvalue weighted by atomic mass is 16.3. The van der Waals surface area contributed by atoms with Gasteiger partial charge in [-0.3, -0.25) is 0 Å². The van der Waals surface area contributed by atoms with E-state index in [9.17, 15) is 10.2 Å². The third kappa shape index (κ3) is 2.56. The molecular formula is C18H16N2O2. The largest absolute Gasteiger partial charge is 0.506 e. The van der Waals surface area contributed by atoms with Crippen molar-refractivity contribution in [3.8, 4) is 5.75 Å². The molecule has 2 unspecified atom stereocenters. The first kappa shape index (κ1) is 14.2. The summed E-state index contributed by atoms with van der Waals surface area (Å²) in [7, 11) is 0. The zero-order chi connectivity index (χ0) is 15.4. The summed E-state index contributed by atoms with van der Waals surface area (Å²) in [6, 6.07) is 16.2. The molecular weight excluding hydrogens is 276 g/mol. The number of benzene rings is 2. The molecule has 0 amide bonds. The van der Waals surface area contributed by atoms with Crippen molar-refractivity contribution in [3.05, 3.63) is 84.5 Å². The Hall–Kier alpha value is -2.72. The van der Waals surface area contributed by atoms with Gasteiger partial charge in [0.2, 0.25) is 0 Å². The number of hydrogen-bond donors (Lipinski definition) is 2. The molecule has 4 heteroatoms. The molecule has 0 fully saturated rings. The number of azo groups is 1. The van der Waals surface area contributed by atoms with Crippen LogP contribution in [0.25, 0.3) is 0 Å². The predicted molar refractivity (Wildman–Crippen MR) is 85.0 cm³/mol. The molecule has 0 heterocycles. The van der Waals surface area contributed by atoms with E-state index in [0.717, 1.165) is 5.56 Å². The zero-order valence-corrected chi connectivity index (χ0v) is 11.9. The van der Waals surface area contributed by atoms with Gasteiger partial charge in [0.05, 0.1) is 0 Å². The van der Waals surface area contributed by atoms with Crippen molar-refractivity contribution in [2.75, 3.05) is 0 Å². The van der Waals surface area contributed by atoms with Crippen LogP contribution in [0.3, 0.4) is 0 Å². The minimum Gasteiger partial charge on any atom is -0.506 e. The highest BCUT2D eigenvalue weighted by Crippen LogP contribution is 2.37. The fourth-order valence-corrected chi connectivity index (χ4v) is 2.42. The van der Waals surface area contributed by atoms with Crippen molar-refractivity contribution in [2.24, 2.45) is 10.2 Å². The Balaban J connectivity index is 2.06. The van der Waals surface area contributed by atoms with Gasteiger partial charge in [0.25, 0.3) is 0 Å². The zero-order valence-electron chi connectivity index (χ0n) is 11.9. The molecule has 0 spiro atoms. The van der Waals surface area contributed by atoms with Gasteiger partial charge in [-0.2, -0.15) is 10.2 Å². The normalized spacial score (nSPS) is 24.0. The maximum absolute atomic E-state index is 10.5. The first-order chi connectivity index (χ1) is 10.7. The standard InChI is InChI=1S/C18H16N2O2/c21-16-11-5-4-10-15(16)19-20-18(13-7-6-12-17(18)22)14-8-2-1-3-9-14/h1-13,17,21-22H. The molecule has 4 nitrogen and oxygen atoms in total. The predicted octanol–water partition coefficient (Wildman–Crippen LogP) is 3.86.